The summed E-state index contributed by atoms with van der Waals surface area (Å²) in [4.78, 5) is 8.82. The van der Waals surface area contributed by atoms with Crippen molar-refractivity contribution in [1.82, 2.24) is 9.97 Å². The lowest BCUT2D eigenvalue weighted by molar-refractivity contribution is 0.491. The third kappa shape index (κ3) is 4.06. The van der Waals surface area contributed by atoms with Crippen LogP contribution in [0.5, 0.6) is 0 Å². The maximum absolute atomic E-state index is 5.44. The molecule has 2 heterocycles. The van der Waals surface area contributed by atoms with Crippen molar-refractivity contribution in [3.05, 3.63) is 40.7 Å². The second kappa shape index (κ2) is 5.74. The van der Waals surface area contributed by atoms with Crippen molar-refractivity contribution in [3.63, 3.8) is 0 Å². The summed E-state index contributed by atoms with van der Waals surface area (Å²) in [6.07, 6.45) is 2.61. The van der Waals surface area contributed by atoms with Gasteiger partial charge in [-0.3, -0.25) is 0 Å². The summed E-state index contributed by atoms with van der Waals surface area (Å²) in [5, 5.41) is 3.29. The monoisotopic (exact) mass is 323 g/mol. The van der Waals surface area contributed by atoms with E-state index >= 15 is 0 Å². The number of furan rings is 1. The van der Waals surface area contributed by atoms with Crippen LogP contribution in [0.4, 0.5) is 5.82 Å². The van der Waals surface area contributed by atoms with Crippen LogP contribution in [0.1, 0.15) is 32.4 Å². The molecule has 2 aromatic rings. The molecule has 0 atom stereocenters. The van der Waals surface area contributed by atoms with Crippen molar-refractivity contribution in [2.75, 3.05) is 11.9 Å². The van der Waals surface area contributed by atoms with E-state index in [0.29, 0.717) is 0 Å². The number of hydrogen-bond donors (Lipinski definition) is 1. The normalized spacial score (nSPS) is 11.6. The van der Waals surface area contributed by atoms with Gasteiger partial charge in [-0.1, -0.05) is 20.8 Å². The molecule has 0 saturated carbocycles. The van der Waals surface area contributed by atoms with Gasteiger partial charge in [0.2, 0.25) is 0 Å². The topological polar surface area (TPSA) is 51.0 Å². The standard InChI is InChI=1S/C14H18BrN3O/c1-14(2,3)13-17-9-7-12(18-13)16-8-6-10-4-5-11(15)19-10/h4-5,7,9H,6,8H2,1-3H3,(H,16,17,18). The lowest BCUT2D eigenvalue weighted by Gasteiger charge is -2.17. The first-order valence-electron chi connectivity index (χ1n) is 6.27. The molecule has 2 rings (SSSR count). The van der Waals surface area contributed by atoms with Crippen LogP contribution in [-0.2, 0) is 11.8 Å². The van der Waals surface area contributed by atoms with E-state index in [1.54, 1.807) is 6.20 Å². The molecule has 0 spiro atoms. The van der Waals surface area contributed by atoms with Crippen LogP contribution in [0.25, 0.3) is 0 Å². The highest BCUT2D eigenvalue weighted by molar-refractivity contribution is 9.10. The fourth-order valence-electron chi connectivity index (χ4n) is 1.62. The average molecular weight is 324 g/mol. The fourth-order valence-corrected chi connectivity index (χ4v) is 1.96. The Kier molecular flexibility index (Phi) is 4.24. The van der Waals surface area contributed by atoms with Gasteiger partial charge in [-0.15, -0.1) is 0 Å². The van der Waals surface area contributed by atoms with E-state index < -0.39 is 0 Å². The van der Waals surface area contributed by atoms with Crippen LogP contribution in [0, 0.1) is 0 Å². The lowest BCUT2D eigenvalue weighted by atomic mass is 9.96. The van der Waals surface area contributed by atoms with Crippen LogP contribution >= 0.6 is 15.9 Å². The SMILES string of the molecule is CC(C)(C)c1nccc(NCCc2ccc(Br)o2)n1. The largest absolute Gasteiger partial charge is 0.454 e. The van der Waals surface area contributed by atoms with Crippen molar-refractivity contribution in [3.8, 4) is 0 Å². The number of hydrogen-bond acceptors (Lipinski definition) is 4. The summed E-state index contributed by atoms with van der Waals surface area (Å²) in [7, 11) is 0. The summed E-state index contributed by atoms with van der Waals surface area (Å²) in [5.74, 6) is 2.65. The van der Waals surface area contributed by atoms with Gasteiger partial charge < -0.3 is 9.73 Å². The molecule has 0 aromatic carbocycles. The van der Waals surface area contributed by atoms with Crippen LogP contribution in [0.2, 0.25) is 0 Å². The Bertz CT molecular complexity index is 546. The Morgan fingerprint density at radius 2 is 2.05 bits per heavy atom. The Labute approximate surface area is 121 Å². The minimum atomic E-state index is -0.0381. The molecule has 102 valence electrons. The molecule has 0 amide bonds. The van der Waals surface area contributed by atoms with E-state index in [4.69, 9.17) is 4.42 Å². The highest BCUT2D eigenvalue weighted by atomic mass is 79.9. The number of nitrogens with one attached hydrogen (secondary N) is 1. The molecular weight excluding hydrogens is 306 g/mol. The summed E-state index contributed by atoms with van der Waals surface area (Å²) in [6.45, 7) is 7.09. The molecule has 0 aliphatic heterocycles. The highest BCUT2D eigenvalue weighted by Crippen LogP contribution is 2.19. The summed E-state index contributed by atoms with van der Waals surface area (Å²) >= 11 is 3.29. The van der Waals surface area contributed by atoms with E-state index in [1.165, 1.54) is 0 Å². The molecule has 0 bridgehead atoms. The summed E-state index contributed by atoms with van der Waals surface area (Å²) < 4.78 is 6.21. The van der Waals surface area contributed by atoms with Crippen LogP contribution in [0.3, 0.4) is 0 Å². The predicted octanol–water partition coefficient (Wildman–Crippen LogP) is 3.78. The molecular formula is C14H18BrN3O. The van der Waals surface area contributed by atoms with Gasteiger partial charge >= 0.3 is 0 Å². The Morgan fingerprint density at radius 1 is 1.26 bits per heavy atom. The third-order valence-corrected chi connectivity index (χ3v) is 3.06. The zero-order valence-corrected chi connectivity index (χ0v) is 13.0. The van der Waals surface area contributed by atoms with Crippen molar-refractivity contribution in [1.29, 1.82) is 0 Å². The number of nitrogens with zero attached hydrogens (tertiary/aromatic N) is 2. The van der Waals surface area contributed by atoms with E-state index in [-0.39, 0.29) is 5.41 Å². The van der Waals surface area contributed by atoms with Crippen LogP contribution < -0.4 is 5.32 Å². The summed E-state index contributed by atoms with van der Waals surface area (Å²) in [6, 6.07) is 5.75. The average Bonchev–Trinajstić information content (AvgIpc) is 2.74. The van der Waals surface area contributed by atoms with Crippen LogP contribution in [-0.4, -0.2) is 16.5 Å². The van der Waals surface area contributed by atoms with Gasteiger partial charge in [-0.25, -0.2) is 9.97 Å². The van der Waals surface area contributed by atoms with Crippen molar-refractivity contribution >= 4 is 21.7 Å². The minimum Gasteiger partial charge on any atom is -0.454 e. The molecule has 5 heteroatoms. The van der Waals surface area contributed by atoms with E-state index in [9.17, 15) is 0 Å². The van der Waals surface area contributed by atoms with Gasteiger partial charge in [-0.05, 0) is 34.1 Å². The second-order valence-electron chi connectivity index (χ2n) is 5.40. The van der Waals surface area contributed by atoms with Crippen LogP contribution in [0.15, 0.2) is 33.5 Å². The highest BCUT2D eigenvalue weighted by Gasteiger charge is 2.17. The molecule has 0 fully saturated rings. The molecule has 0 saturated heterocycles. The van der Waals surface area contributed by atoms with Gasteiger partial charge in [0.25, 0.3) is 0 Å². The quantitative estimate of drug-likeness (QED) is 0.930. The number of halogens is 1. The lowest BCUT2D eigenvalue weighted by Crippen LogP contribution is -2.17. The molecule has 19 heavy (non-hydrogen) atoms. The molecule has 4 nitrogen and oxygen atoms in total. The Balaban J connectivity index is 1.93. The summed E-state index contributed by atoms with van der Waals surface area (Å²) in [5.41, 5.74) is -0.0381. The van der Waals surface area contributed by atoms with Crippen molar-refractivity contribution < 1.29 is 4.42 Å². The zero-order chi connectivity index (χ0) is 13.9. The van der Waals surface area contributed by atoms with E-state index in [1.807, 2.05) is 18.2 Å². The van der Waals surface area contributed by atoms with Gasteiger partial charge in [0.1, 0.15) is 17.4 Å². The first-order valence-corrected chi connectivity index (χ1v) is 7.06. The predicted molar refractivity (Wildman–Crippen MR) is 79.3 cm³/mol. The first-order chi connectivity index (χ1) is 8.95. The van der Waals surface area contributed by atoms with Gasteiger partial charge in [-0.2, -0.15) is 0 Å². The fraction of sp³-hybridized carbons (Fsp3) is 0.429. The smallest absolute Gasteiger partial charge is 0.169 e. The molecule has 2 aromatic heterocycles. The molecule has 0 radical (unpaired) electrons. The second-order valence-corrected chi connectivity index (χ2v) is 6.18. The Hall–Kier alpha value is -1.36. The minimum absolute atomic E-state index is 0.0381. The number of aromatic nitrogens is 2. The van der Waals surface area contributed by atoms with Gasteiger partial charge in [0.15, 0.2) is 4.67 Å². The van der Waals surface area contributed by atoms with Crippen molar-refractivity contribution in [2.24, 2.45) is 0 Å². The van der Waals surface area contributed by atoms with E-state index in [0.717, 1.165) is 35.0 Å². The number of rotatable bonds is 4. The van der Waals surface area contributed by atoms with E-state index in [2.05, 4.69) is 52.0 Å². The maximum Gasteiger partial charge on any atom is 0.169 e. The number of anilines is 1. The molecule has 0 aliphatic carbocycles. The zero-order valence-electron chi connectivity index (χ0n) is 11.4. The maximum atomic E-state index is 5.44. The van der Waals surface area contributed by atoms with Gasteiger partial charge in [0, 0.05) is 24.6 Å². The van der Waals surface area contributed by atoms with Gasteiger partial charge in [0.05, 0.1) is 0 Å². The molecule has 1 N–H and O–H groups in total. The third-order valence-electron chi connectivity index (χ3n) is 2.63. The van der Waals surface area contributed by atoms with Crippen molar-refractivity contribution in [2.45, 2.75) is 32.6 Å². The molecule has 0 aliphatic rings. The molecule has 0 unspecified atom stereocenters. The first kappa shape index (κ1) is 14.1. The Morgan fingerprint density at radius 3 is 2.68 bits per heavy atom.